The molecule has 0 radical (unpaired) electrons. The van der Waals surface area contributed by atoms with Gasteiger partial charge in [-0.15, -0.1) is 0 Å². The Labute approximate surface area is 106 Å². The Morgan fingerprint density at radius 1 is 1.47 bits per heavy atom. The molecule has 1 aromatic rings. The van der Waals surface area contributed by atoms with E-state index in [0.29, 0.717) is 22.3 Å². The van der Waals surface area contributed by atoms with Crippen molar-refractivity contribution in [3.8, 4) is 5.75 Å². The number of carbonyl (C=O) groups excluding carboxylic acids is 1. The molecule has 0 bridgehead atoms. The van der Waals surface area contributed by atoms with Crippen molar-refractivity contribution in [1.29, 1.82) is 0 Å². The Kier molecular flexibility index (Phi) is 4.02. The maximum Gasteiger partial charge on any atom is 0.189 e. The first-order valence-corrected chi connectivity index (χ1v) is 6.05. The average molecular weight is 255 g/mol. The zero-order chi connectivity index (χ0) is 12.3. The van der Waals surface area contributed by atoms with Gasteiger partial charge in [-0.3, -0.25) is 4.79 Å². The summed E-state index contributed by atoms with van der Waals surface area (Å²) in [6.07, 6.45) is 2.52. The Morgan fingerprint density at radius 2 is 2.24 bits per heavy atom. The molecule has 17 heavy (non-hydrogen) atoms. The lowest BCUT2D eigenvalue weighted by molar-refractivity contribution is 0.0100. The van der Waals surface area contributed by atoms with Gasteiger partial charge in [0.25, 0.3) is 0 Å². The van der Waals surface area contributed by atoms with Gasteiger partial charge in [-0.2, -0.15) is 0 Å². The quantitative estimate of drug-likeness (QED) is 0.444. The highest BCUT2D eigenvalue weighted by Gasteiger charge is 2.21. The lowest BCUT2D eigenvalue weighted by Crippen LogP contribution is -2.05. The number of halogens is 1. The third-order valence-electron chi connectivity index (χ3n) is 2.69. The first-order chi connectivity index (χ1) is 8.16. The second kappa shape index (κ2) is 5.52. The van der Waals surface area contributed by atoms with Crippen molar-refractivity contribution >= 4 is 17.4 Å². The zero-order valence-electron chi connectivity index (χ0n) is 9.74. The van der Waals surface area contributed by atoms with Gasteiger partial charge in [0.1, 0.15) is 5.75 Å². The number of hydrogen-bond acceptors (Lipinski definition) is 3. The summed E-state index contributed by atoms with van der Waals surface area (Å²) in [5.41, 5.74) is 0.584. The van der Waals surface area contributed by atoms with E-state index < -0.39 is 0 Å². The predicted octanol–water partition coefficient (Wildman–Crippen LogP) is 3.31. The Balaban J connectivity index is 1.84. The van der Waals surface area contributed by atoms with Gasteiger partial charge in [0, 0.05) is 5.56 Å². The van der Waals surface area contributed by atoms with Gasteiger partial charge in [0.05, 0.1) is 11.6 Å². The van der Waals surface area contributed by atoms with Crippen LogP contribution in [0.5, 0.6) is 5.75 Å². The van der Waals surface area contributed by atoms with Crippen LogP contribution in [0.1, 0.15) is 30.1 Å². The Bertz CT molecular complexity index is 413. The number of rotatable bonds is 6. The summed E-state index contributed by atoms with van der Waals surface area (Å²) in [6, 6.07) is 5.00. The number of carbonyl (C=O) groups is 1. The smallest absolute Gasteiger partial charge is 0.189 e. The van der Waals surface area contributed by atoms with E-state index >= 15 is 0 Å². The molecule has 4 heteroatoms. The predicted molar refractivity (Wildman–Crippen MR) is 65.6 cm³/mol. The highest BCUT2D eigenvalue weighted by Crippen LogP contribution is 2.29. The molecule has 2 rings (SSSR count). The molecule has 0 spiro atoms. The molecule has 1 fully saturated rings. The minimum atomic E-state index is -0.0107. The van der Waals surface area contributed by atoms with Gasteiger partial charge in [0.2, 0.25) is 0 Å². The van der Waals surface area contributed by atoms with Crippen LogP contribution < -0.4 is 4.74 Å². The fourth-order valence-electron chi connectivity index (χ4n) is 1.44. The molecule has 92 valence electrons. The van der Waals surface area contributed by atoms with E-state index in [1.165, 1.54) is 19.8 Å². The third-order valence-corrected chi connectivity index (χ3v) is 2.98. The van der Waals surface area contributed by atoms with Gasteiger partial charge in [0.15, 0.2) is 12.6 Å². The van der Waals surface area contributed by atoms with Crippen LogP contribution in [0.25, 0.3) is 0 Å². The summed E-state index contributed by atoms with van der Waals surface area (Å²) in [6.45, 7) is 2.46. The maximum atomic E-state index is 11.1. The molecule has 1 aliphatic rings. The van der Waals surface area contributed by atoms with Crippen molar-refractivity contribution in [3.05, 3.63) is 28.8 Å². The number of hydrogen-bond donors (Lipinski definition) is 0. The zero-order valence-corrected chi connectivity index (χ0v) is 10.5. The van der Waals surface area contributed by atoms with Crippen molar-refractivity contribution in [2.45, 2.75) is 19.8 Å². The van der Waals surface area contributed by atoms with Gasteiger partial charge in [-0.1, -0.05) is 11.6 Å². The van der Waals surface area contributed by atoms with Crippen LogP contribution in [0.2, 0.25) is 5.02 Å². The fourth-order valence-corrected chi connectivity index (χ4v) is 1.68. The molecule has 1 aliphatic carbocycles. The highest BCUT2D eigenvalue weighted by atomic mass is 35.5. The summed E-state index contributed by atoms with van der Waals surface area (Å²) >= 11 is 5.99. The molecule has 1 aromatic carbocycles. The van der Waals surface area contributed by atoms with Crippen LogP contribution in [-0.4, -0.2) is 19.2 Å². The standard InChI is InChI=1S/C13H15ClO3/c1-9(15)11-4-5-13(12(14)6-11)17-8-16-7-10-2-3-10/h4-6,10H,2-3,7-8H2,1H3. The van der Waals surface area contributed by atoms with Crippen LogP contribution >= 0.6 is 11.6 Å². The van der Waals surface area contributed by atoms with E-state index in [0.717, 1.165) is 6.61 Å². The molecule has 3 nitrogen and oxygen atoms in total. The van der Waals surface area contributed by atoms with E-state index in [9.17, 15) is 4.79 Å². The number of benzene rings is 1. The Hall–Kier alpha value is -1.06. The Morgan fingerprint density at radius 3 is 2.82 bits per heavy atom. The van der Waals surface area contributed by atoms with E-state index in [1.54, 1.807) is 18.2 Å². The molecule has 0 N–H and O–H groups in total. The number of ketones is 1. The van der Waals surface area contributed by atoms with Gasteiger partial charge in [-0.25, -0.2) is 0 Å². The molecular formula is C13H15ClO3. The highest BCUT2D eigenvalue weighted by molar-refractivity contribution is 6.32. The first kappa shape index (κ1) is 12.4. The molecule has 0 heterocycles. The van der Waals surface area contributed by atoms with Gasteiger partial charge < -0.3 is 9.47 Å². The van der Waals surface area contributed by atoms with E-state index in [4.69, 9.17) is 21.1 Å². The molecule has 0 aliphatic heterocycles. The van der Waals surface area contributed by atoms with Crippen molar-refractivity contribution in [2.24, 2.45) is 5.92 Å². The summed E-state index contributed by atoms with van der Waals surface area (Å²) < 4.78 is 10.7. The minimum absolute atomic E-state index is 0.0107. The van der Waals surface area contributed by atoms with Crippen LogP contribution in [0.4, 0.5) is 0 Å². The molecule has 0 atom stereocenters. The van der Waals surface area contributed by atoms with E-state index in [2.05, 4.69) is 0 Å². The van der Waals surface area contributed by atoms with Gasteiger partial charge in [-0.05, 0) is 43.9 Å². The van der Waals surface area contributed by atoms with Crippen LogP contribution in [-0.2, 0) is 4.74 Å². The summed E-state index contributed by atoms with van der Waals surface area (Å²) in [5, 5.41) is 0.438. The molecule has 0 saturated heterocycles. The molecule has 0 amide bonds. The van der Waals surface area contributed by atoms with Crippen molar-refractivity contribution in [2.75, 3.05) is 13.4 Å². The topological polar surface area (TPSA) is 35.5 Å². The number of ether oxygens (including phenoxy) is 2. The van der Waals surface area contributed by atoms with Crippen molar-refractivity contribution < 1.29 is 14.3 Å². The fraction of sp³-hybridized carbons (Fsp3) is 0.462. The normalized spacial score (nSPS) is 14.7. The van der Waals surface area contributed by atoms with Crippen LogP contribution in [0.3, 0.4) is 0 Å². The van der Waals surface area contributed by atoms with Crippen LogP contribution in [0.15, 0.2) is 18.2 Å². The largest absolute Gasteiger partial charge is 0.466 e. The van der Waals surface area contributed by atoms with Crippen molar-refractivity contribution in [1.82, 2.24) is 0 Å². The summed E-state index contributed by atoms with van der Waals surface area (Å²) in [5.74, 6) is 1.25. The first-order valence-electron chi connectivity index (χ1n) is 5.68. The monoisotopic (exact) mass is 254 g/mol. The molecule has 0 unspecified atom stereocenters. The molecule has 1 saturated carbocycles. The third kappa shape index (κ3) is 3.72. The molecule has 0 aromatic heterocycles. The minimum Gasteiger partial charge on any atom is -0.466 e. The molecular weight excluding hydrogens is 240 g/mol. The van der Waals surface area contributed by atoms with Crippen LogP contribution in [0, 0.1) is 5.92 Å². The SMILES string of the molecule is CC(=O)c1ccc(OCOCC2CC2)c(Cl)c1. The van der Waals surface area contributed by atoms with E-state index in [-0.39, 0.29) is 12.6 Å². The lowest BCUT2D eigenvalue weighted by Gasteiger charge is -2.09. The second-order valence-corrected chi connectivity index (χ2v) is 4.68. The second-order valence-electron chi connectivity index (χ2n) is 4.28. The average Bonchev–Trinajstić information content (AvgIpc) is 3.09. The number of Topliss-reactive ketones (excluding diaryl/α,β-unsaturated/α-hetero) is 1. The maximum absolute atomic E-state index is 11.1. The van der Waals surface area contributed by atoms with Crippen molar-refractivity contribution in [3.63, 3.8) is 0 Å². The summed E-state index contributed by atoms with van der Waals surface area (Å²) in [7, 11) is 0. The van der Waals surface area contributed by atoms with Gasteiger partial charge >= 0.3 is 0 Å². The lowest BCUT2D eigenvalue weighted by atomic mass is 10.1. The summed E-state index contributed by atoms with van der Waals surface area (Å²) in [4.78, 5) is 11.1. The van der Waals surface area contributed by atoms with E-state index in [1.807, 2.05) is 0 Å².